The Morgan fingerprint density at radius 3 is 1.50 bits per heavy atom. The van der Waals surface area contributed by atoms with Gasteiger partial charge in [0.25, 0.3) is 0 Å². The second kappa shape index (κ2) is 14.3. The van der Waals surface area contributed by atoms with Crippen molar-refractivity contribution in [1.82, 2.24) is 0 Å². The molecular weight excluding hydrogens is 255 g/mol. The number of unbranched alkanes of at least 4 members (excludes halogenated alkanes) is 4. The molecule has 0 radical (unpaired) electrons. The van der Waals surface area contributed by atoms with Crippen molar-refractivity contribution >= 4 is 23.9 Å². The Hall–Kier alpha value is 0.759. The summed E-state index contributed by atoms with van der Waals surface area (Å²) in [4.78, 5) is 0. The van der Waals surface area contributed by atoms with Crippen molar-refractivity contribution in [3.63, 3.8) is 0 Å². The maximum atomic E-state index is 5.44. The molecule has 12 heavy (non-hydrogen) atoms. The zero-order chi connectivity index (χ0) is 8.36. The van der Waals surface area contributed by atoms with Crippen molar-refractivity contribution < 1.29 is 4.74 Å². The Kier molecular flexibility index (Phi) is 18.2. The summed E-state index contributed by atoms with van der Waals surface area (Å²) in [6.07, 6.45) is 7.68. The maximum Gasteiger partial charge on any atom is 4.00 e. The molecule has 0 aliphatic carbocycles. The number of hydrogen-bond acceptors (Lipinski definition) is 1. The fourth-order valence-corrected chi connectivity index (χ4v) is 1.01. The van der Waals surface area contributed by atoms with E-state index in [0.29, 0.717) is 0 Å². The minimum atomic E-state index is 0. The average Bonchev–Trinajstić information content (AvgIpc) is 2.03. The molecule has 0 aliphatic rings. The van der Waals surface area contributed by atoms with Gasteiger partial charge in [-0.1, -0.05) is 39.5 Å². The molecule has 0 aromatic heterocycles. The van der Waals surface area contributed by atoms with Crippen LogP contribution in [-0.4, -0.2) is 37.1 Å². The fourth-order valence-electron chi connectivity index (χ4n) is 1.01. The van der Waals surface area contributed by atoms with Gasteiger partial charge in [-0.25, -0.2) is 0 Å². The Balaban J connectivity index is 0. The first kappa shape index (κ1) is 15.2. The molecule has 0 atom stereocenters. The summed E-state index contributed by atoms with van der Waals surface area (Å²) >= 11 is 0. The summed E-state index contributed by atoms with van der Waals surface area (Å²) in [6.45, 7) is 6.38. The van der Waals surface area contributed by atoms with E-state index in [1.807, 2.05) is 0 Å². The third-order valence-corrected chi connectivity index (χ3v) is 1.78. The molecule has 0 rings (SSSR count). The Morgan fingerprint density at radius 1 is 0.750 bits per heavy atom. The molecule has 0 N–H and O–H groups in total. The van der Waals surface area contributed by atoms with Gasteiger partial charge in [0.05, 0.1) is 0 Å². The van der Waals surface area contributed by atoms with Gasteiger partial charge < -0.3 is 4.74 Å². The number of ether oxygens (including phenoxy) is 1. The Labute approximate surface area is 94.2 Å². The second-order valence-electron chi connectivity index (χ2n) is 3.03. The third-order valence-electron chi connectivity index (χ3n) is 1.78. The monoisotopic (exact) mass is 278 g/mol. The van der Waals surface area contributed by atoms with Gasteiger partial charge in [0.15, 0.2) is 0 Å². The van der Waals surface area contributed by atoms with Gasteiger partial charge >= 0.3 is 23.9 Å². The van der Waals surface area contributed by atoms with Crippen molar-refractivity contribution in [3.05, 3.63) is 0 Å². The first-order valence-electron chi connectivity index (χ1n) is 4.99. The van der Waals surface area contributed by atoms with Crippen LogP contribution in [0.25, 0.3) is 0 Å². The summed E-state index contributed by atoms with van der Waals surface area (Å²) in [5.74, 6) is 0. The molecule has 0 heterocycles. The zero-order valence-electron chi connectivity index (χ0n) is 8.57. The zero-order valence-corrected chi connectivity index (χ0v) is 11.4. The van der Waals surface area contributed by atoms with E-state index in [2.05, 4.69) is 13.8 Å². The van der Waals surface area contributed by atoms with Gasteiger partial charge in [-0.05, 0) is 12.8 Å². The van der Waals surface area contributed by atoms with Gasteiger partial charge in [-0.3, -0.25) is 0 Å². The van der Waals surface area contributed by atoms with Gasteiger partial charge in [-0.2, -0.15) is 0 Å². The standard InChI is InChI=1S/C10H22O.Sn/c1-3-5-7-9-11-10-8-6-4-2;/h3-10H2,1-2H3;/q;+4. The molecule has 0 unspecified atom stereocenters. The summed E-state index contributed by atoms with van der Waals surface area (Å²) in [5, 5.41) is 0. The van der Waals surface area contributed by atoms with E-state index >= 15 is 0 Å². The molecule has 1 nitrogen and oxygen atoms in total. The summed E-state index contributed by atoms with van der Waals surface area (Å²) in [6, 6.07) is 0. The Morgan fingerprint density at radius 2 is 1.17 bits per heavy atom. The molecule has 0 aromatic carbocycles. The normalized spacial score (nSPS) is 9.50. The number of rotatable bonds is 8. The van der Waals surface area contributed by atoms with E-state index in [9.17, 15) is 0 Å². The summed E-state index contributed by atoms with van der Waals surface area (Å²) in [7, 11) is 0. The van der Waals surface area contributed by atoms with E-state index < -0.39 is 0 Å². The first-order chi connectivity index (χ1) is 5.41. The third kappa shape index (κ3) is 13.4. The molecule has 0 spiro atoms. The van der Waals surface area contributed by atoms with Gasteiger partial charge in [0.2, 0.25) is 0 Å². The molecule has 0 aliphatic heterocycles. The quantitative estimate of drug-likeness (QED) is 0.489. The van der Waals surface area contributed by atoms with Crippen LogP contribution in [0.15, 0.2) is 0 Å². The second-order valence-corrected chi connectivity index (χ2v) is 3.03. The van der Waals surface area contributed by atoms with Crippen LogP contribution in [0, 0.1) is 0 Å². The summed E-state index contributed by atoms with van der Waals surface area (Å²) < 4.78 is 5.44. The predicted molar refractivity (Wildman–Crippen MR) is 55.6 cm³/mol. The predicted octanol–water partition coefficient (Wildman–Crippen LogP) is 3.00. The van der Waals surface area contributed by atoms with Crippen LogP contribution in [0.2, 0.25) is 0 Å². The van der Waals surface area contributed by atoms with Crippen molar-refractivity contribution in [3.8, 4) is 0 Å². The van der Waals surface area contributed by atoms with Crippen LogP contribution in [0.3, 0.4) is 0 Å². The van der Waals surface area contributed by atoms with Crippen molar-refractivity contribution in [1.29, 1.82) is 0 Å². The molecule has 0 amide bonds. The van der Waals surface area contributed by atoms with Gasteiger partial charge in [0, 0.05) is 13.2 Å². The van der Waals surface area contributed by atoms with Crippen molar-refractivity contribution in [2.75, 3.05) is 13.2 Å². The largest absolute Gasteiger partial charge is 4.00 e. The Bertz CT molecular complexity index is 58.9. The molecule has 0 saturated heterocycles. The molecule has 2 heteroatoms. The van der Waals surface area contributed by atoms with Gasteiger partial charge in [-0.15, -0.1) is 0 Å². The van der Waals surface area contributed by atoms with Gasteiger partial charge in [0.1, 0.15) is 0 Å². The molecular formula is C10H22OSn+4. The fraction of sp³-hybridized carbons (Fsp3) is 1.00. The average molecular weight is 277 g/mol. The van der Waals surface area contributed by atoms with E-state index in [-0.39, 0.29) is 23.9 Å². The van der Waals surface area contributed by atoms with Crippen molar-refractivity contribution in [2.45, 2.75) is 52.4 Å². The maximum absolute atomic E-state index is 5.44. The van der Waals surface area contributed by atoms with Crippen molar-refractivity contribution in [2.24, 2.45) is 0 Å². The first-order valence-corrected chi connectivity index (χ1v) is 4.99. The van der Waals surface area contributed by atoms with Crippen LogP contribution >= 0.6 is 0 Å². The number of hydrogen-bond donors (Lipinski definition) is 0. The van der Waals surface area contributed by atoms with Crippen LogP contribution in [0.4, 0.5) is 0 Å². The molecule has 0 saturated carbocycles. The van der Waals surface area contributed by atoms with Crippen LogP contribution in [-0.2, 0) is 4.74 Å². The molecule has 68 valence electrons. The minimum absolute atomic E-state index is 0. The minimum Gasteiger partial charge on any atom is -0.381 e. The topological polar surface area (TPSA) is 9.23 Å². The van der Waals surface area contributed by atoms with Crippen LogP contribution in [0.1, 0.15) is 52.4 Å². The molecule has 0 bridgehead atoms. The smallest absolute Gasteiger partial charge is 0.381 e. The van der Waals surface area contributed by atoms with E-state index in [1.54, 1.807) is 0 Å². The molecule has 0 aromatic rings. The molecule has 0 fully saturated rings. The van der Waals surface area contributed by atoms with Crippen LogP contribution in [0.5, 0.6) is 0 Å². The van der Waals surface area contributed by atoms with E-state index in [4.69, 9.17) is 4.74 Å². The summed E-state index contributed by atoms with van der Waals surface area (Å²) in [5.41, 5.74) is 0. The SMILES string of the molecule is CCCCCOCCCCC.[Sn+4]. The van der Waals surface area contributed by atoms with E-state index in [0.717, 1.165) is 13.2 Å². The van der Waals surface area contributed by atoms with Crippen LogP contribution < -0.4 is 0 Å². The van der Waals surface area contributed by atoms with E-state index in [1.165, 1.54) is 38.5 Å².